The Morgan fingerprint density at radius 1 is 1.08 bits per heavy atom. The Balaban J connectivity index is 1.61. The van der Waals surface area contributed by atoms with Crippen LogP contribution < -0.4 is 4.90 Å². The van der Waals surface area contributed by atoms with Crippen LogP contribution in [0.5, 0.6) is 0 Å². The molecule has 134 valence electrons. The van der Waals surface area contributed by atoms with Gasteiger partial charge in [-0.1, -0.05) is 36.4 Å². The highest BCUT2D eigenvalue weighted by molar-refractivity contribution is 5.75. The molecule has 1 atom stereocenters. The molecule has 1 aromatic heterocycles. The van der Waals surface area contributed by atoms with E-state index >= 15 is 0 Å². The Kier molecular flexibility index (Phi) is 4.60. The number of hydrogen-bond acceptors (Lipinski definition) is 4. The Morgan fingerprint density at radius 2 is 1.85 bits per heavy atom. The SMILES string of the molecule is Cc1ccccc1C[C@@]1(CO)CCCN(c2cnc3ccccc3n2)C1. The fourth-order valence-corrected chi connectivity index (χ4v) is 4.04. The largest absolute Gasteiger partial charge is 0.396 e. The maximum absolute atomic E-state index is 10.3. The second-order valence-electron chi connectivity index (χ2n) is 7.50. The summed E-state index contributed by atoms with van der Waals surface area (Å²) in [7, 11) is 0. The second-order valence-corrected chi connectivity index (χ2v) is 7.50. The van der Waals surface area contributed by atoms with Crippen molar-refractivity contribution in [2.24, 2.45) is 5.41 Å². The van der Waals surface area contributed by atoms with Crippen LogP contribution in [0.15, 0.2) is 54.7 Å². The quantitative estimate of drug-likeness (QED) is 0.781. The highest BCUT2D eigenvalue weighted by atomic mass is 16.3. The summed E-state index contributed by atoms with van der Waals surface area (Å²) in [5, 5.41) is 10.3. The zero-order chi connectivity index (χ0) is 18.0. The van der Waals surface area contributed by atoms with E-state index in [0.29, 0.717) is 0 Å². The van der Waals surface area contributed by atoms with Crippen LogP contribution in [0.1, 0.15) is 24.0 Å². The summed E-state index contributed by atoms with van der Waals surface area (Å²) in [6, 6.07) is 16.5. The van der Waals surface area contributed by atoms with E-state index < -0.39 is 0 Å². The van der Waals surface area contributed by atoms with Crippen LogP contribution in [0.25, 0.3) is 11.0 Å². The first kappa shape index (κ1) is 17.0. The fourth-order valence-electron chi connectivity index (χ4n) is 4.04. The van der Waals surface area contributed by atoms with Crippen molar-refractivity contribution in [3.63, 3.8) is 0 Å². The zero-order valence-corrected chi connectivity index (χ0v) is 15.2. The molecule has 0 saturated carbocycles. The average molecular weight is 347 g/mol. The number of aromatic nitrogens is 2. The zero-order valence-electron chi connectivity index (χ0n) is 15.2. The molecule has 2 aromatic carbocycles. The molecule has 2 heterocycles. The van der Waals surface area contributed by atoms with Crippen LogP contribution >= 0.6 is 0 Å². The smallest absolute Gasteiger partial charge is 0.147 e. The molecule has 0 spiro atoms. The monoisotopic (exact) mass is 347 g/mol. The van der Waals surface area contributed by atoms with Crippen molar-refractivity contribution in [1.82, 2.24) is 9.97 Å². The number of fused-ring (bicyclic) bond motifs is 1. The lowest BCUT2D eigenvalue weighted by Gasteiger charge is -2.42. The topological polar surface area (TPSA) is 49.2 Å². The van der Waals surface area contributed by atoms with Gasteiger partial charge in [0.1, 0.15) is 5.82 Å². The summed E-state index contributed by atoms with van der Waals surface area (Å²) >= 11 is 0. The predicted molar refractivity (Wildman–Crippen MR) is 105 cm³/mol. The molecular weight excluding hydrogens is 322 g/mol. The third kappa shape index (κ3) is 3.29. The molecule has 4 nitrogen and oxygen atoms in total. The van der Waals surface area contributed by atoms with E-state index in [1.54, 1.807) is 0 Å². The van der Waals surface area contributed by atoms with Gasteiger partial charge >= 0.3 is 0 Å². The first-order valence-corrected chi connectivity index (χ1v) is 9.31. The van der Waals surface area contributed by atoms with E-state index in [4.69, 9.17) is 4.98 Å². The molecule has 26 heavy (non-hydrogen) atoms. The lowest BCUT2D eigenvalue weighted by atomic mass is 9.75. The minimum absolute atomic E-state index is 0.127. The first-order valence-electron chi connectivity index (χ1n) is 9.31. The van der Waals surface area contributed by atoms with Crippen molar-refractivity contribution in [3.8, 4) is 0 Å². The predicted octanol–water partition coefficient (Wildman–Crippen LogP) is 3.76. The third-order valence-electron chi connectivity index (χ3n) is 5.58. The van der Waals surface area contributed by atoms with Gasteiger partial charge in [-0.2, -0.15) is 0 Å². The van der Waals surface area contributed by atoms with Crippen molar-refractivity contribution < 1.29 is 5.11 Å². The normalized spacial score (nSPS) is 20.5. The number of para-hydroxylation sites is 2. The van der Waals surface area contributed by atoms with Crippen LogP contribution in [-0.2, 0) is 6.42 Å². The number of benzene rings is 2. The van der Waals surface area contributed by atoms with Gasteiger partial charge in [-0.3, -0.25) is 4.98 Å². The van der Waals surface area contributed by atoms with Crippen LogP contribution in [0, 0.1) is 12.3 Å². The molecule has 3 aromatic rings. The minimum Gasteiger partial charge on any atom is -0.396 e. The maximum Gasteiger partial charge on any atom is 0.147 e. The third-order valence-corrected chi connectivity index (χ3v) is 5.58. The van der Waals surface area contributed by atoms with Crippen LogP contribution in [0.3, 0.4) is 0 Å². The lowest BCUT2D eigenvalue weighted by Crippen LogP contribution is -2.47. The summed E-state index contributed by atoms with van der Waals surface area (Å²) in [5.74, 6) is 0.908. The Labute approximate surface area is 154 Å². The van der Waals surface area contributed by atoms with Gasteiger partial charge in [0.05, 0.1) is 23.8 Å². The van der Waals surface area contributed by atoms with Crippen molar-refractivity contribution in [2.45, 2.75) is 26.2 Å². The average Bonchev–Trinajstić information content (AvgIpc) is 2.69. The maximum atomic E-state index is 10.3. The van der Waals surface area contributed by atoms with Gasteiger partial charge in [-0.05, 0) is 49.4 Å². The number of nitrogens with zero attached hydrogens (tertiary/aromatic N) is 3. The van der Waals surface area contributed by atoms with Crippen molar-refractivity contribution >= 4 is 16.9 Å². The first-order chi connectivity index (χ1) is 12.7. The van der Waals surface area contributed by atoms with E-state index in [9.17, 15) is 5.11 Å². The molecule has 0 radical (unpaired) electrons. The Bertz CT molecular complexity index is 911. The van der Waals surface area contributed by atoms with E-state index in [0.717, 1.165) is 49.2 Å². The number of hydrogen-bond donors (Lipinski definition) is 1. The standard InChI is InChI=1S/C22H25N3O/c1-17-7-2-3-8-18(17)13-22(16-26)11-6-12-25(15-22)21-14-23-19-9-4-5-10-20(19)24-21/h2-5,7-10,14,26H,6,11-13,15-16H2,1H3/t22-/m0/s1. The van der Waals surface area contributed by atoms with Gasteiger partial charge in [-0.15, -0.1) is 0 Å². The molecule has 1 saturated heterocycles. The number of aliphatic hydroxyl groups is 1. The molecule has 1 aliphatic heterocycles. The Morgan fingerprint density at radius 3 is 2.65 bits per heavy atom. The molecule has 4 rings (SSSR count). The minimum atomic E-state index is -0.127. The van der Waals surface area contributed by atoms with Gasteiger partial charge < -0.3 is 10.0 Å². The lowest BCUT2D eigenvalue weighted by molar-refractivity contribution is 0.105. The van der Waals surface area contributed by atoms with E-state index in [-0.39, 0.29) is 12.0 Å². The number of piperidine rings is 1. The molecule has 0 unspecified atom stereocenters. The molecule has 0 amide bonds. The van der Waals surface area contributed by atoms with Crippen molar-refractivity contribution in [1.29, 1.82) is 0 Å². The fraction of sp³-hybridized carbons (Fsp3) is 0.364. The Hall–Kier alpha value is -2.46. The molecule has 4 heteroatoms. The van der Waals surface area contributed by atoms with E-state index in [1.807, 2.05) is 30.5 Å². The number of anilines is 1. The number of rotatable bonds is 4. The highest BCUT2D eigenvalue weighted by Gasteiger charge is 2.36. The molecule has 1 aliphatic rings. The summed E-state index contributed by atoms with van der Waals surface area (Å²) < 4.78 is 0. The number of aliphatic hydroxyl groups excluding tert-OH is 1. The highest BCUT2D eigenvalue weighted by Crippen LogP contribution is 2.35. The summed E-state index contributed by atoms with van der Waals surface area (Å²) in [5.41, 5.74) is 4.33. The van der Waals surface area contributed by atoms with E-state index in [2.05, 4.69) is 41.1 Å². The van der Waals surface area contributed by atoms with Crippen molar-refractivity contribution in [3.05, 3.63) is 65.9 Å². The number of aryl methyl sites for hydroxylation is 1. The van der Waals surface area contributed by atoms with Gasteiger partial charge in [0.2, 0.25) is 0 Å². The van der Waals surface area contributed by atoms with Gasteiger partial charge in [0.25, 0.3) is 0 Å². The van der Waals surface area contributed by atoms with Gasteiger partial charge in [0, 0.05) is 18.5 Å². The van der Waals surface area contributed by atoms with Crippen LogP contribution in [0.4, 0.5) is 5.82 Å². The van der Waals surface area contributed by atoms with E-state index in [1.165, 1.54) is 11.1 Å². The van der Waals surface area contributed by atoms with Crippen molar-refractivity contribution in [2.75, 3.05) is 24.6 Å². The van der Waals surface area contributed by atoms with Gasteiger partial charge in [0.15, 0.2) is 0 Å². The molecule has 0 bridgehead atoms. The van der Waals surface area contributed by atoms with Gasteiger partial charge in [-0.25, -0.2) is 4.98 Å². The summed E-state index contributed by atoms with van der Waals surface area (Å²) in [6.07, 6.45) is 4.85. The summed E-state index contributed by atoms with van der Waals surface area (Å²) in [4.78, 5) is 11.7. The molecule has 1 fully saturated rings. The second kappa shape index (κ2) is 7.04. The van der Waals surface area contributed by atoms with Crippen LogP contribution in [-0.4, -0.2) is 34.8 Å². The summed E-state index contributed by atoms with van der Waals surface area (Å²) in [6.45, 7) is 4.11. The molecule has 1 N–H and O–H groups in total. The molecular formula is C22H25N3O. The van der Waals surface area contributed by atoms with Crippen LogP contribution in [0.2, 0.25) is 0 Å². The molecule has 0 aliphatic carbocycles.